The molecule has 0 radical (unpaired) electrons. The maximum absolute atomic E-state index is 13.9. The van der Waals surface area contributed by atoms with Crippen LogP contribution in [-0.2, 0) is 4.74 Å². The number of amides is 1. The Kier molecular flexibility index (Phi) is 5.89. The van der Waals surface area contributed by atoms with Gasteiger partial charge in [-0.15, -0.1) is 0 Å². The molecule has 1 aliphatic heterocycles. The molecule has 1 aromatic heterocycles. The van der Waals surface area contributed by atoms with Crippen LogP contribution in [0.3, 0.4) is 0 Å². The minimum Gasteiger partial charge on any atom is -0.379 e. The predicted molar refractivity (Wildman–Crippen MR) is 78.0 cm³/mol. The number of halogens is 1. The molecule has 0 aromatic carbocycles. The topological polar surface area (TPSA) is 66.5 Å². The molecule has 1 fully saturated rings. The van der Waals surface area contributed by atoms with E-state index < -0.39 is 11.7 Å². The molecule has 21 heavy (non-hydrogen) atoms. The van der Waals surface area contributed by atoms with Gasteiger partial charge in [0.25, 0.3) is 5.91 Å². The quantitative estimate of drug-likeness (QED) is 0.757. The summed E-state index contributed by atoms with van der Waals surface area (Å²) in [6, 6.07) is 1.38. The van der Waals surface area contributed by atoms with Crippen LogP contribution in [0.2, 0.25) is 0 Å². The zero-order valence-corrected chi connectivity index (χ0v) is 12.2. The number of nitrogens with one attached hydrogen (secondary N) is 2. The van der Waals surface area contributed by atoms with Crippen LogP contribution >= 0.6 is 0 Å². The molecule has 0 bridgehead atoms. The normalized spacial score (nSPS) is 15.7. The molecule has 0 saturated carbocycles. The standard InChI is InChI=1S/C14H21FN4O2/c1-16-13-12(15)11(3-5-17-13)14(20)18-4-2-6-19-7-9-21-10-8-19/h3,5H,2,4,6-10H2,1H3,(H,16,17)(H,18,20). The summed E-state index contributed by atoms with van der Waals surface area (Å²) in [6.45, 7) is 4.82. The van der Waals surface area contributed by atoms with Gasteiger partial charge in [0.2, 0.25) is 0 Å². The van der Waals surface area contributed by atoms with Crippen molar-refractivity contribution in [2.75, 3.05) is 51.8 Å². The van der Waals surface area contributed by atoms with E-state index >= 15 is 0 Å². The molecule has 2 heterocycles. The molecule has 7 heteroatoms. The second-order valence-electron chi connectivity index (χ2n) is 4.83. The van der Waals surface area contributed by atoms with Crippen LogP contribution in [0.5, 0.6) is 0 Å². The summed E-state index contributed by atoms with van der Waals surface area (Å²) in [5, 5.41) is 5.35. The number of hydrogen-bond acceptors (Lipinski definition) is 5. The van der Waals surface area contributed by atoms with Crippen molar-refractivity contribution in [2.24, 2.45) is 0 Å². The summed E-state index contributed by atoms with van der Waals surface area (Å²) < 4.78 is 19.2. The van der Waals surface area contributed by atoms with Gasteiger partial charge in [-0.2, -0.15) is 0 Å². The molecular weight excluding hydrogens is 275 g/mol. The third kappa shape index (κ3) is 4.37. The number of morpholine rings is 1. The number of ether oxygens (including phenoxy) is 1. The third-order valence-corrected chi connectivity index (χ3v) is 3.41. The summed E-state index contributed by atoms with van der Waals surface area (Å²) in [5.74, 6) is -0.949. The van der Waals surface area contributed by atoms with Crippen molar-refractivity contribution >= 4 is 11.7 Å². The molecule has 0 atom stereocenters. The van der Waals surface area contributed by atoms with Crippen molar-refractivity contribution in [2.45, 2.75) is 6.42 Å². The van der Waals surface area contributed by atoms with Crippen LogP contribution in [0.25, 0.3) is 0 Å². The summed E-state index contributed by atoms with van der Waals surface area (Å²) >= 11 is 0. The van der Waals surface area contributed by atoms with Crippen molar-refractivity contribution in [3.05, 3.63) is 23.6 Å². The van der Waals surface area contributed by atoms with E-state index in [4.69, 9.17) is 4.74 Å². The fraction of sp³-hybridized carbons (Fsp3) is 0.571. The lowest BCUT2D eigenvalue weighted by molar-refractivity contribution is 0.0374. The number of carbonyl (C=O) groups excluding carboxylic acids is 1. The van der Waals surface area contributed by atoms with E-state index in [0.717, 1.165) is 39.3 Å². The first-order valence-electron chi connectivity index (χ1n) is 7.13. The molecule has 0 spiro atoms. The number of anilines is 1. The van der Waals surface area contributed by atoms with Crippen molar-refractivity contribution in [1.29, 1.82) is 0 Å². The van der Waals surface area contributed by atoms with E-state index in [1.807, 2.05) is 0 Å². The fourth-order valence-electron chi connectivity index (χ4n) is 2.22. The third-order valence-electron chi connectivity index (χ3n) is 3.41. The Bertz CT molecular complexity index is 478. The Labute approximate surface area is 123 Å². The van der Waals surface area contributed by atoms with Gasteiger partial charge < -0.3 is 15.4 Å². The highest BCUT2D eigenvalue weighted by Gasteiger charge is 2.15. The monoisotopic (exact) mass is 296 g/mol. The van der Waals surface area contributed by atoms with Crippen LogP contribution < -0.4 is 10.6 Å². The van der Waals surface area contributed by atoms with Gasteiger partial charge in [-0.1, -0.05) is 0 Å². The van der Waals surface area contributed by atoms with Gasteiger partial charge in [-0.05, 0) is 19.0 Å². The average molecular weight is 296 g/mol. The summed E-state index contributed by atoms with van der Waals surface area (Å²) in [5.41, 5.74) is 0.0146. The fourth-order valence-corrected chi connectivity index (χ4v) is 2.22. The lowest BCUT2D eigenvalue weighted by Crippen LogP contribution is -2.38. The van der Waals surface area contributed by atoms with E-state index in [-0.39, 0.29) is 11.4 Å². The number of hydrogen-bond donors (Lipinski definition) is 2. The van der Waals surface area contributed by atoms with Crippen molar-refractivity contribution in [3.8, 4) is 0 Å². The van der Waals surface area contributed by atoms with Crippen molar-refractivity contribution in [3.63, 3.8) is 0 Å². The Morgan fingerprint density at radius 1 is 1.48 bits per heavy atom. The first-order chi connectivity index (χ1) is 10.2. The van der Waals surface area contributed by atoms with Gasteiger partial charge >= 0.3 is 0 Å². The smallest absolute Gasteiger partial charge is 0.254 e. The highest BCUT2D eigenvalue weighted by atomic mass is 19.1. The predicted octanol–water partition coefficient (Wildman–Crippen LogP) is 0.714. The summed E-state index contributed by atoms with van der Waals surface area (Å²) in [7, 11) is 1.56. The molecular formula is C14H21FN4O2. The second-order valence-corrected chi connectivity index (χ2v) is 4.83. The minimum atomic E-state index is -0.620. The molecule has 116 valence electrons. The highest BCUT2D eigenvalue weighted by Crippen LogP contribution is 2.14. The van der Waals surface area contributed by atoms with E-state index in [1.54, 1.807) is 7.05 Å². The van der Waals surface area contributed by atoms with Gasteiger partial charge in [0.1, 0.15) is 0 Å². The summed E-state index contributed by atoms with van der Waals surface area (Å²) in [6.07, 6.45) is 2.24. The van der Waals surface area contributed by atoms with Crippen LogP contribution in [0.1, 0.15) is 16.8 Å². The number of carbonyl (C=O) groups is 1. The second kappa shape index (κ2) is 7.90. The summed E-state index contributed by atoms with van der Waals surface area (Å²) in [4.78, 5) is 18.1. The maximum atomic E-state index is 13.9. The molecule has 6 nitrogen and oxygen atoms in total. The maximum Gasteiger partial charge on any atom is 0.254 e. The first-order valence-corrected chi connectivity index (χ1v) is 7.13. The molecule has 1 saturated heterocycles. The van der Waals surface area contributed by atoms with Gasteiger partial charge in [0, 0.05) is 32.9 Å². The SMILES string of the molecule is CNc1nccc(C(=O)NCCCN2CCOCC2)c1F. The van der Waals surface area contributed by atoms with Crippen LogP contribution in [0, 0.1) is 5.82 Å². The molecule has 2 rings (SSSR count). The Balaban J connectivity index is 1.76. The molecule has 1 amide bonds. The van der Waals surface area contributed by atoms with Gasteiger partial charge in [-0.25, -0.2) is 9.37 Å². The van der Waals surface area contributed by atoms with E-state index in [0.29, 0.717) is 6.54 Å². The van der Waals surface area contributed by atoms with Gasteiger partial charge in [0.05, 0.1) is 18.8 Å². The van der Waals surface area contributed by atoms with Crippen LogP contribution in [0.4, 0.5) is 10.2 Å². The van der Waals surface area contributed by atoms with Crippen molar-refractivity contribution < 1.29 is 13.9 Å². The number of rotatable bonds is 6. The first kappa shape index (κ1) is 15.7. The van der Waals surface area contributed by atoms with Crippen LogP contribution in [-0.4, -0.2) is 62.2 Å². The molecule has 1 aliphatic rings. The van der Waals surface area contributed by atoms with Gasteiger partial charge in [0.15, 0.2) is 11.6 Å². The lowest BCUT2D eigenvalue weighted by atomic mass is 10.2. The Hall–Kier alpha value is -1.73. The number of aromatic nitrogens is 1. The Morgan fingerprint density at radius 2 is 2.24 bits per heavy atom. The van der Waals surface area contributed by atoms with E-state index in [9.17, 15) is 9.18 Å². The molecule has 0 unspecified atom stereocenters. The molecule has 1 aromatic rings. The van der Waals surface area contributed by atoms with E-state index in [2.05, 4.69) is 20.5 Å². The average Bonchev–Trinajstić information content (AvgIpc) is 2.52. The molecule has 2 N–H and O–H groups in total. The van der Waals surface area contributed by atoms with Gasteiger partial charge in [-0.3, -0.25) is 9.69 Å². The molecule has 0 aliphatic carbocycles. The van der Waals surface area contributed by atoms with Crippen molar-refractivity contribution in [1.82, 2.24) is 15.2 Å². The minimum absolute atomic E-state index is 0.0146. The van der Waals surface area contributed by atoms with E-state index in [1.165, 1.54) is 12.3 Å². The largest absolute Gasteiger partial charge is 0.379 e. The highest BCUT2D eigenvalue weighted by molar-refractivity contribution is 5.95. The number of nitrogens with zero attached hydrogens (tertiary/aromatic N) is 2. The zero-order valence-electron chi connectivity index (χ0n) is 12.2. The zero-order chi connectivity index (χ0) is 15.1. The lowest BCUT2D eigenvalue weighted by Gasteiger charge is -2.26. The number of pyridine rings is 1. The Morgan fingerprint density at radius 3 is 2.95 bits per heavy atom. The van der Waals surface area contributed by atoms with Crippen LogP contribution in [0.15, 0.2) is 12.3 Å².